The minimum atomic E-state index is -0.164. The zero-order valence-electron chi connectivity index (χ0n) is 16.6. The molecular weight excluding hydrogens is 348 g/mol. The Bertz CT molecular complexity index is 905. The van der Waals surface area contributed by atoms with Gasteiger partial charge in [-0.3, -0.25) is 4.79 Å². The van der Waals surface area contributed by atoms with Gasteiger partial charge >= 0.3 is 0 Å². The summed E-state index contributed by atoms with van der Waals surface area (Å²) in [5, 5.41) is 2.95. The SMILES string of the molecule is CCN(c1ccc(NC(=O)c2cccc(Oc3ccccc3)c2)cc1)C(C)C. The molecule has 0 spiro atoms. The Morgan fingerprint density at radius 3 is 2.25 bits per heavy atom. The number of hydrogen-bond donors (Lipinski definition) is 1. The molecule has 1 N–H and O–H groups in total. The van der Waals surface area contributed by atoms with Gasteiger partial charge in [0.25, 0.3) is 5.91 Å². The highest BCUT2D eigenvalue weighted by atomic mass is 16.5. The van der Waals surface area contributed by atoms with Crippen LogP contribution < -0.4 is 15.0 Å². The largest absolute Gasteiger partial charge is 0.457 e. The minimum Gasteiger partial charge on any atom is -0.457 e. The molecule has 144 valence electrons. The van der Waals surface area contributed by atoms with Crippen LogP contribution in [0.5, 0.6) is 11.5 Å². The Balaban J connectivity index is 1.68. The number of benzene rings is 3. The summed E-state index contributed by atoms with van der Waals surface area (Å²) < 4.78 is 5.81. The van der Waals surface area contributed by atoms with Crippen molar-refractivity contribution in [3.05, 3.63) is 84.4 Å². The van der Waals surface area contributed by atoms with Crippen molar-refractivity contribution in [3.63, 3.8) is 0 Å². The fraction of sp³-hybridized carbons (Fsp3) is 0.208. The van der Waals surface area contributed by atoms with Crippen molar-refractivity contribution in [2.45, 2.75) is 26.8 Å². The first-order valence-corrected chi connectivity index (χ1v) is 9.58. The summed E-state index contributed by atoms with van der Waals surface area (Å²) in [6, 6.07) is 25.1. The van der Waals surface area contributed by atoms with Gasteiger partial charge in [-0.1, -0.05) is 24.3 Å². The molecule has 0 saturated heterocycles. The van der Waals surface area contributed by atoms with Crippen molar-refractivity contribution in [1.29, 1.82) is 0 Å². The van der Waals surface area contributed by atoms with Crippen LogP contribution in [0.1, 0.15) is 31.1 Å². The summed E-state index contributed by atoms with van der Waals surface area (Å²) in [6.45, 7) is 7.42. The predicted octanol–water partition coefficient (Wildman–Crippen LogP) is 5.97. The quantitative estimate of drug-likeness (QED) is 0.554. The van der Waals surface area contributed by atoms with E-state index in [0.29, 0.717) is 17.4 Å². The van der Waals surface area contributed by atoms with Gasteiger partial charge in [0.1, 0.15) is 11.5 Å². The highest BCUT2D eigenvalue weighted by molar-refractivity contribution is 6.04. The Morgan fingerprint density at radius 1 is 0.929 bits per heavy atom. The zero-order chi connectivity index (χ0) is 19.9. The van der Waals surface area contributed by atoms with Crippen molar-refractivity contribution in [2.75, 3.05) is 16.8 Å². The molecule has 0 aliphatic carbocycles. The van der Waals surface area contributed by atoms with Crippen molar-refractivity contribution in [3.8, 4) is 11.5 Å². The van der Waals surface area contributed by atoms with Gasteiger partial charge in [-0.25, -0.2) is 0 Å². The van der Waals surface area contributed by atoms with E-state index < -0.39 is 0 Å². The highest BCUT2D eigenvalue weighted by Crippen LogP contribution is 2.23. The maximum atomic E-state index is 12.6. The van der Waals surface area contributed by atoms with Gasteiger partial charge < -0.3 is 15.0 Å². The summed E-state index contributed by atoms with van der Waals surface area (Å²) in [4.78, 5) is 14.9. The summed E-state index contributed by atoms with van der Waals surface area (Å²) in [6.07, 6.45) is 0. The van der Waals surface area contributed by atoms with Gasteiger partial charge in [-0.2, -0.15) is 0 Å². The molecule has 3 aromatic rings. The number of ether oxygens (including phenoxy) is 1. The van der Waals surface area contributed by atoms with Gasteiger partial charge in [-0.05, 0) is 75.4 Å². The number of nitrogens with zero attached hydrogens (tertiary/aromatic N) is 1. The molecule has 1 amide bonds. The van der Waals surface area contributed by atoms with Crippen LogP contribution in [-0.4, -0.2) is 18.5 Å². The number of carbonyl (C=O) groups excluding carboxylic acids is 1. The number of anilines is 2. The molecule has 0 aromatic heterocycles. The van der Waals surface area contributed by atoms with E-state index in [0.717, 1.165) is 23.7 Å². The van der Waals surface area contributed by atoms with E-state index in [9.17, 15) is 4.79 Å². The van der Waals surface area contributed by atoms with Crippen LogP contribution >= 0.6 is 0 Å². The Morgan fingerprint density at radius 2 is 1.61 bits per heavy atom. The molecule has 28 heavy (non-hydrogen) atoms. The first kappa shape index (κ1) is 19.5. The van der Waals surface area contributed by atoms with Crippen LogP contribution in [0.2, 0.25) is 0 Å². The standard InChI is InChI=1S/C24H26N2O2/c1-4-26(18(2)3)21-15-13-20(14-16-21)25-24(27)19-9-8-12-23(17-19)28-22-10-6-5-7-11-22/h5-18H,4H2,1-3H3,(H,25,27). The van der Waals surface area contributed by atoms with Crippen LogP contribution in [0.15, 0.2) is 78.9 Å². The molecule has 0 aliphatic rings. The molecule has 0 radical (unpaired) electrons. The van der Waals surface area contributed by atoms with Crippen molar-refractivity contribution < 1.29 is 9.53 Å². The van der Waals surface area contributed by atoms with Crippen molar-refractivity contribution in [1.82, 2.24) is 0 Å². The van der Waals surface area contributed by atoms with E-state index in [1.54, 1.807) is 12.1 Å². The lowest BCUT2D eigenvalue weighted by Crippen LogP contribution is -2.30. The topological polar surface area (TPSA) is 41.6 Å². The van der Waals surface area contributed by atoms with E-state index in [1.165, 1.54) is 0 Å². The smallest absolute Gasteiger partial charge is 0.255 e. The summed E-state index contributed by atoms with van der Waals surface area (Å²) >= 11 is 0. The van der Waals surface area contributed by atoms with Crippen molar-refractivity contribution >= 4 is 17.3 Å². The maximum Gasteiger partial charge on any atom is 0.255 e. The fourth-order valence-corrected chi connectivity index (χ4v) is 3.11. The van der Waals surface area contributed by atoms with E-state index in [1.807, 2.05) is 66.7 Å². The summed E-state index contributed by atoms with van der Waals surface area (Å²) in [7, 11) is 0. The highest BCUT2D eigenvalue weighted by Gasteiger charge is 2.10. The maximum absolute atomic E-state index is 12.6. The number of amides is 1. The zero-order valence-corrected chi connectivity index (χ0v) is 16.6. The van der Waals surface area contributed by atoms with Gasteiger partial charge in [0, 0.05) is 29.5 Å². The average Bonchev–Trinajstić information content (AvgIpc) is 2.70. The number of nitrogens with one attached hydrogen (secondary N) is 1. The van der Waals surface area contributed by atoms with E-state index in [-0.39, 0.29) is 5.91 Å². The third-order valence-corrected chi connectivity index (χ3v) is 4.50. The Labute approximate surface area is 166 Å². The molecule has 0 unspecified atom stereocenters. The van der Waals surface area contributed by atoms with Crippen LogP contribution in [0.3, 0.4) is 0 Å². The third-order valence-electron chi connectivity index (χ3n) is 4.50. The first-order valence-electron chi connectivity index (χ1n) is 9.58. The van der Waals surface area contributed by atoms with Crippen LogP contribution in [0.4, 0.5) is 11.4 Å². The van der Waals surface area contributed by atoms with E-state index in [4.69, 9.17) is 4.74 Å². The van der Waals surface area contributed by atoms with Crippen molar-refractivity contribution in [2.24, 2.45) is 0 Å². The monoisotopic (exact) mass is 374 g/mol. The van der Waals surface area contributed by atoms with Crippen LogP contribution in [-0.2, 0) is 0 Å². The fourth-order valence-electron chi connectivity index (χ4n) is 3.11. The Kier molecular flexibility index (Phi) is 6.33. The lowest BCUT2D eigenvalue weighted by Gasteiger charge is -2.27. The van der Waals surface area contributed by atoms with Gasteiger partial charge in [0.2, 0.25) is 0 Å². The summed E-state index contributed by atoms with van der Waals surface area (Å²) in [5.41, 5.74) is 2.46. The molecule has 4 heteroatoms. The van der Waals surface area contributed by atoms with Crippen LogP contribution in [0, 0.1) is 0 Å². The molecule has 4 nitrogen and oxygen atoms in total. The molecule has 0 saturated carbocycles. The third kappa shape index (κ3) is 4.92. The van der Waals surface area contributed by atoms with Crippen LogP contribution in [0.25, 0.3) is 0 Å². The van der Waals surface area contributed by atoms with Gasteiger partial charge in [-0.15, -0.1) is 0 Å². The number of para-hydroxylation sites is 1. The molecule has 3 rings (SSSR count). The van der Waals surface area contributed by atoms with Gasteiger partial charge in [0.05, 0.1) is 0 Å². The molecule has 0 bridgehead atoms. The molecule has 0 heterocycles. The second-order valence-corrected chi connectivity index (χ2v) is 6.82. The van der Waals surface area contributed by atoms with Gasteiger partial charge in [0.15, 0.2) is 0 Å². The molecular formula is C24H26N2O2. The molecule has 0 aliphatic heterocycles. The molecule has 0 fully saturated rings. The molecule has 3 aromatic carbocycles. The lowest BCUT2D eigenvalue weighted by atomic mass is 10.2. The normalized spacial score (nSPS) is 10.6. The molecule has 0 atom stereocenters. The minimum absolute atomic E-state index is 0.164. The average molecular weight is 374 g/mol. The second-order valence-electron chi connectivity index (χ2n) is 6.82. The number of carbonyl (C=O) groups is 1. The van der Waals surface area contributed by atoms with E-state index in [2.05, 4.69) is 31.0 Å². The number of hydrogen-bond acceptors (Lipinski definition) is 3. The number of rotatable bonds is 7. The first-order chi connectivity index (χ1) is 13.6. The van der Waals surface area contributed by atoms with E-state index >= 15 is 0 Å². The summed E-state index contributed by atoms with van der Waals surface area (Å²) in [5.74, 6) is 1.20. The second kappa shape index (κ2) is 9.09. The lowest BCUT2D eigenvalue weighted by molar-refractivity contribution is 0.102. The predicted molar refractivity (Wildman–Crippen MR) is 116 cm³/mol. The Hall–Kier alpha value is -3.27.